The zero-order chi connectivity index (χ0) is 21.5. The Balaban J connectivity index is 1.60. The SMILES string of the molecule is COc1ccccc1N(C(C)=O)c1nc(COC(=O)CNC(=O)c2ccco2)cs1. The number of hydrogen-bond acceptors (Lipinski definition) is 8. The molecule has 0 bridgehead atoms. The lowest BCUT2D eigenvalue weighted by Gasteiger charge is -2.20. The van der Waals surface area contributed by atoms with Gasteiger partial charge in [0.15, 0.2) is 10.9 Å². The number of para-hydroxylation sites is 2. The lowest BCUT2D eigenvalue weighted by atomic mass is 10.2. The number of amides is 2. The fourth-order valence-corrected chi connectivity index (χ4v) is 3.40. The van der Waals surface area contributed by atoms with Crippen LogP contribution >= 0.6 is 11.3 Å². The van der Waals surface area contributed by atoms with Gasteiger partial charge in [-0.1, -0.05) is 12.1 Å². The topological polar surface area (TPSA) is 111 Å². The average Bonchev–Trinajstić information content (AvgIpc) is 3.43. The van der Waals surface area contributed by atoms with E-state index in [1.54, 1.807) is 35.7 Å². The van der Waals surface area contributed by atoms with E-state index in [4.69, 9.17) is 13.9 Å². The quantitative estimate of drug-likeness (QED) is 0.548. The van der Waals surface area contributed by atoms with Crippen molar-refractivity contribution < 1.29 is 28.3 Å². The maximum atomic E-state index is 12.2. The monoisotopic (exact) mass is 429 g/mol. The summed E-state index contributed by atoms with van der Waals surface area (Å²) in [7, 11) is 1.52. The van der Waals surface area contributed by atoms with Crippen LogP contribution in [0.15, 0.2) is 52.5 Å². The van der Waals surface area contributed by atoms with Gasteiger partial charge >= 0.3 is 5.97 Å². The van der Waals surface area contributed by atoms with E-state index in [2.05, 4.69) is 10.3 Å². The summed E-state index contributed by atoms with van der Waals surface area (Å²) in [5, 5.41) is 4.51. The number of anilines is 2. The van der Waals surface area contributed by atoms with Crippen LogP contribution in [0.3, 0.4) is 0 Å². The molecule has 3 aromatic rings. The van der Waals surface area contributed by atoms with E-state index in [9.17, 15) is 14.4 Å². The van der Waals surface area contributed by atoms with Gasteiger partial charge in [-0.2, -0.15) is 0 Å². The molecule has 156 valence electrons. The minimum Gasteiger partial charge on any atom is -0.495 e. The van der Waals surface area contributed by atoms with Crippen molar-refractivity contribution in [1.29, 1.82) is 0 Å². The minimum atomic E-state index is -0.627. The van der Waals surface area contributed by atoms with Crippen LogP contribution in [0.1, 0.15) is 23.2 Å². The third-order valence-electron chi connectivity index (χ3n) is 3.89. The van der Waals surface area contributed by atoms with Gasteiger partial charge in [0.1, 0.15) is 18.9 Å². The molecule has 30 heavy (non-hydrogen) atoms. The summed E-state index contributed by atoms with van der Waals surface area (Å²) >= 11 is 1.23. The van der Waals surface area contributed by atoms with Crippen LogP contribution < -0.4 is 15.0 Å². The van der Waals surface area contributed by atoms with E-state index >= 15 is 0 Å². The highest BCUT2D eigenvalue weighted by atomic mass is 32.1. The van der Waals surface area contributed by atoms with E-state index in [1.807, 2.05) is 0 Å². The molecule has 0 aliphatic heterocycles. The van der Waals surface area contributed by atoms with Gasteiger partial charge in [-0.3, -0.25) is 19.3 Å². The third-order valence-corrected chi connectivity index (χ3v) is 4.77. The standard InChI is InChI=1S/C20H19N3O6S/c1-13(24)23(15-6-3-4-7-16(15)27-2)20-22-14(12-30-20)11-29-18(25)10-21-19(26)17-8-5-9-28-17/h3-9,12H,10-11H2,1-2H3,(H,21,26). The molecule has 0 atom stereocenters. The number of thiazole rings is 1. The van der Waals surface area contributed by atoms with E-state index in [1.165, 1.54) is 42.6 Å². The maximum absolute atomic E-state index is 12.2. The molecule has 10 heteroatoms. The molecular weight excluding hydrogens is 410 g/mol. The normalized spacial score (nSPS) is 10.3. The van der Waals surface area contributed by atoms with Gasteiger partial charge in [0.25, 0.3) is 5.91 Å². The molecule has 9 nitrogen and oxygen atoms in total. The van der Waals surface area contributed by atoms with Gasteiger partial charge in [0.2, 0.25) is 5.91 Å². The second-order valence-corrected chi connectivity index (χ2v) is 6.80. The Hall–Kier alpha value is -3.66. The predicted octanol–water partition coefficient (Wildman–Crippen LogP) is 2.90. The molecule has 0 unspecified atom stereocenters. The fraction of sp³-hybridized carbons (Fsp3) is 0.200. The Labute approximate surface area is 176 Å². The molecule has 0 radical (unpaired) electrons. The van der Waals surface area contributed by atoms with Crippen molar-refractivity contribution in [3.05, 3.63) is 59.5 Å². The van der Waals surface area contributed by atoms with Gasteiger partial charge in [-0.15, -0.1) is 11.3 Å². The number of esters is 1. The van der Waals surface area contributed by atoms with E-state index in [0.717, 1.165) is 0 Å². The summed E-state index contributed by atoms with van der Waals surface area (Å²) in [5.41, 5.74) is 1.04. The van der Waals surface area contributed by atoms with Gasteiger partial charge in [0, 0.05) is 12.3 Å². The molecule has 1 N–H and O–H groups in total. The van der Waals surface area contributed by atoms with Crippen molar-refractivity contribution in [2.45, 2.75) is 13.5 Å². The molecule has 3 rings (SSSR count). The minimum absolute atomic E-state index is 0.0936. The Morgan fingerprint density at radius 1 is 1.20 bits per heavy atom. The third kappa shape index (κ3) is 5.03. The van der Waals surface area contributed by atoms with Crippen molar-refractivity contribution >= 4 is 39.9 Å². The van der Waals surface area contributed by atoms with Crippen LogP contribution in [0, 0.1) is 0 Å². The first kappa shape index (κ1) is 21.1. The summed E-state index contributed by atoms with van der Waals surface area (Å²) in [6, 6.07) is 10.2. The number of benzene rings is 1. The molecule has 0 saturated carbocycles. The van der Waals surface area contributed by atoms with Gasteiger partial charge in [0.05, 0.1) is 24.8 Å². The number of nitrogens with zero attached hydrogens (tertiary/aromatic N) is 2. The molecule has 2 amide bonds. The van der Waals surface area contributed by atoms with Crippen LogP contribution in [0.5, 0.6) is 5.75 Å². The second-order valence-electron chi connectivity index (χ2n) is 5.97. The predicted molar refractivity (Wildman–Crippen MR) is 109 cm³/mol. The first-order valence-corrected chi connectivity index (χ1v) is 9.73. The molecule has 2 aromatic heterocycles. The lowest BCUT2D eigenvalue weighted by Crippen LogP contribution is -2.30. The number of nitrogens with one attached hydrogen (secondary N) is 1. The van der Waals surface area contributed by atoms with Crippen molar-refractivity contribution in [3.63, 3.8) is 0 Å². The van der Waals surface area contributed by atoms with E-state index in [0.29, 0.717) is 22.3 Å². The van der Waals surface area contributed by atoms with Crippen LogP contribution in [-0.2, 0) is 20.9 Å². The first-order valence-electron chi connectivity index (χ1n) is 8.85. The molecular formula is C20H19N3O6S. The fourth-order valence-electron chi connectivity index (χ4n) is 2.54. The first-order chi connectivity index (χ1) is 14.5. The maximum Gasteiger partial charge on any atom is 0.325 e. The molecule has 0 spiro atoms. The highest BCUT2D eigenvalue weighted by Crippen LogP contribution is 2.35. The second kappa shape index (κ2) is 9.70. The highest BCUT2D eigenvalue weighted by Gasteiger charge is 2.21. The van der Waals surface area contributed by atoms with E-state index in [-0.39, 0.29) is 24.8 Å². The largest absolute Gasteiger partial charge is 0.495 e. The molecule has 0 saturated heterocycles. The zero-order valence-electron chi connectivity index (χ0n) is 16.3. The number of rotatable bonds is 8. The Morgan fingerprint density at radius 3 is 2.70 bits per heavy atom. The molecule has 0 fully saturated rings. The molecule has 1 aromatic carbocycles. The Bertz CT molecular complexity index is 1030. The number of ether oxygens (including phenoxy) is 2. The molecule has 2 heterocycles. The number of aromatic nitrogens is 1. The van der Waals surface area contributed by atoms with Crippen molar-refractivity contribution in [2.75, 3.05) is 18.6 Å². The van der Waals surface area contributed by atoms with Crippen LogP contribution in [0.25, 0.3) is 0 Å². The number of carbonyl (C=O) groups is 3. The highest BCUT2D eigenvalue weighted by molar-refractivity contribution is 7.14. The smallest absolute Gasteiger partial charge is 0.325 e. The van der Waals surface area contributed by atoms with E-state index < -0.39 is 11.9 Å². The summed E-state index contributed by atoms with van der Waals surface area (Å²) in [6.07, 6.45) is 1.36. The number of methoxy groups -OCH3 is 1. The van der Waals surface area contributed by atoms with Crippen LogP contribution in [0.4, 0.5) is 10.8 Å². The van der Waals surface area contributed by atoms with Crippen molar-refractivity contribution in [3.8, 4) is 5.75 Å². The van der Waals surface area contributed by atoms with Crippen LogP contribution in [0.2, 0.25) is 0 Å². The van der Waals surface area contributed by atoms with Gasteiger partial charge in [-0.25, -0.2) is 4.98 Å². The Morgan fingerprint density at radius 2 is 2.00 bits per heavy atom. The summed E-state index contributed by atoms with van der Waals surface area (Å²) in [5.74, 6) is -0.742. The number of hydrogen-bond donors (Lipinski definition) is 1. The molecule has 0 aliphatic carbocycles. The van der Waals surface area contributed by atoms with Crippen molar-refractivity contribution in [2.24, 2.45) is 0 Å². The average molecular weight is 429 g/mol. The number of furan rings is 1. The van der Waals surface area contributed by atoms with Gasteiger partial charge < -0.3 is 19.2 Å². The van der Waals surface area contributed by atoms with Crippen molar-refractivity contribution in [1.82, 2.24) is 10.3 Å². The summed E-state index contributed by atoms with van der Waals surface area (Å²) < 4.78 is 15.4. The summed E-state index contributed by atoms with van der Waals surface area (Å²) in [4.78, 5) is 41.7. The zero-order valence-corrected chi connectivity index (χ0v) is 17.1. The molecule has 0 aliphatic rings. The lowest BCUT2D eigenvalue weighted by molar-refractivity contribution is -0.143. The Kier molecular flexibility index (Phi) is 6.81. The summed E-state index contributed by atoms with van der Waals surface area (Å²) in [6.45, 7) is 1.02. The van der Waals surface area contributed by atoms with Crippen LogP contribution in [-0.4, -0.2) is 36.4 Å². The van der Waals surface area contributed by atoms with Gasteiger partial charge in [-0.05, 0) is 24.3 Å². The number of carbonyl (C=O) groups excluding carboxylic acids is 3.